The number of ether oxygens (including phenoxy) is 1. The summed E-state index contributed by atoms with van der Waals surface area (Å²) in [6.45, 7) is 4.85. The Morgan fingerprint density at radius 3 is 2.39 bits per heavy atom. The van der Waals surface area contributed by atoms with Gasteiger partial charge in [-0.1, -0.05) is 18.3 Å². The van der Waals surface area contributed by atoms with Gasteiger partial charge in [-0.05, 0) is 19.0 Å². The number of aromatic nitrogens is 2. The van der Waals surface area contributed by atoms with Crippen LogP contribution in [0, 0.1) is 0 Å². The first kappa shape index (κ1) is 30.6. The first-order chi connectivity index (χ1) is 16.6. The fraction of sp³-hybridized carbons (Fsp3) is 0.562. The average molecular weight is 606 g/mol. The Balaban J connectivity index is 0.000000297. The van der Waals surface area contributed by atoms with E-state index < -0.39 is 30.1 Å². The smallest absolute Gasteiger partial charge is 0.267 e. The minimum absolute atomic E-state index is 0.0520. The van der Waals surface area contributed by atoms with Crippen LogP contribution in [0.25, 0.3) is 0 Å². The van der Waals surface area contributed by atoms with Crippen LogP contribution >= 0.6 is 22.7 Å². The average Bonchev–Trinajstić information content (AvgIpc) is 3.39. The summed E-state index contributed by atoms with van der Waals surface area (Å²) in [6.07, 6.45) is 0.567. The van der Waals surface area contributed by atoms with Crippen molar-refractivity contribution in [3.8, 4) is 0 Å². The highest BCUT2D eigenvalue weighted by molar-refractivity contribution is 7.94. The van der Waals surface area contributed by atoms with E-state index in [0.717, 1.165) is 0 Å². The molecule has 1 aliphatic rings. The molecule has 0 saturated carbocycles. The summed E-state index contributed by atoms with van der Waals surface area (Å²) in [7, 11) is -9.92. The maximum absolute atomic E-state index is 12.7. The zero-order valence-electron chi connectivity index (χ0n) is 19.5. The van der Waals surface area contributed by atoms with Crippen LogP contribution in [0.1, 0.15) is 31.9 Å². The number of likely N-dealkylation sites (N-methyl/N-ethyl adjacent to an activating group) is 1. The number of thiophene rings is 1. The second-order valence-corrected chi connectivity index (χ2v) is 15.0. The van der Waals surface area contributed by atoms with Crippen LogP contribution < -0.4 is 20.9 Å². The summed E-state index contributed by atoms with van der Waals surface area (Å²) in [6, 6.07) is 1.11. The van der Waals surface area contributed by atoms with Crippen molar-refractivity contribution < 1.29 is 34.8 Å². The van der Waals surface area contributed by atoms with Crippen LogP contribution in [-0.4, -0.2) is 79.0 Å². The molecule has 0 aromatic carbocycles. The summed E-state index contributed by atoms with van der Waals surface area (Å²) >= 11 is 1.41. The van der Waals surface area contributed by atoms with Gasteiger partial charge in [-0.3, -0.25) is 4.79 Å². The number of hydrogen-bond acceptors (Lipinski definition) is 13. The van der Waals surface area contributed by atoms with Gasteiger partial charge in [0.25, 0.3) is 20.0 Å². The fourth-order valence-corrected chi connectivity index (χ4v) is 8.70. The van der Waals surface area contributed by atoms with Crippen molar-refractivity contribution in [1.29, 1.82) is 0 Å². The molecule has 0 fully saturated rings. The lowest BCUT2D eigenvalue weighted by Crippen LogP contribution is -2.43. The highest BCUT2D eigenvalue weighted by Crippen LogP contribution is 2.39. The predicted molar refractivity (Wildman–Crippen MR) is 133 cm³/mol. The number of sulfonamides is 3. The number of nitrogens with one attached hydrogen (secondary N) is 2. The van der Waals surface area contributed by atoms with E-state index in [2.05, 4.69) is 20.8 Å². The molecule has 36 heavy (non-hydrogen) atoms. The lowest BCUT2D eigenvalue weighted by atomic mass is 10.1. The number of fused-ring (bicyclic) bond motifs is 1. The zero-order chi connectivity index (χ0) is 27.3. The fourth-order valence-electron chi connectivity index (χ4n) is 3.01. The normalized spacial score (nSPS) is 17.6. The molecule has 0 bridgehead atoms. The van der Waals surface area contributed by atoms with E-state index in [0.29, 0.717) is 54.4 Å². The molecule has 6 N–H and O–H groups in total. The minimum atomic E-state index is -3.94. The Kier molecular flexibility index (Phi) is 10.4. The zero-order valence-corrected chi connectivity index (χ0v) is 23.6. The standard InChI is InChI=1S/C12H21N3O5S3.C4H6N4O3S2/c1-3-14-10-8-15(5-4-6-20-2)23(18,19)12-9(10)7-11(21-12)22(13,16)17;1-2(9)6-3-7-8-4(12-3)13(5,10)11/h7,10,14H,3-6,8H2,1-2H3,(H2,13,16,17);1H3,(H2,5,10,11)(H,6,7,9)/t10-;/m0./s1. The Bertz CT molecular complexity index is 1390. The molecule has 0 radical (unpaired) electrons. The van der Waals surface area contributed by atoms with Gasteiger partial charge in [-0.2, -0.15) is 4.31 Å². The Labute approximate surface area is 217 Å². The van der Waals surface area contributed by atoms with Gasteiger partial charge in [0.15, 0.2) is 0 Å². The number of carbonyl (C=O) groups excluding carboxylic acids is 1. The van der Waals surface area contributed by atoms with Gasteiger partial charge >= 0.3 is 0 Å². The third-order valence-corrected chi connectivity index (χ3v) is 11.6. The molecular formula is C16H27N7O8S5. The molecular weight excluding hydrogens is 579 g/mol. The Hall–Kier alpha value is -1.62. The van der Waals surface area contributed by atoms with Gasteiger partial charge in [0.05, 0.1) is 0 Å². The Morgan fingerprint density at radius 1 is 1.22 bits per heavy atom. The molecule has 204 valence electrons. The maximum Gasteiger partial charge on any atom is 0.267 e. The van der Waals surface area contributed by atoms with Gasteiger partial charge in [-0.25, -0.2) is 35.5 Å². The van der Waals surface area contributed by atoms with Gasteiger partial charge in [0.1, 0.15) is 8.42 Å². The number of hydrogen-bond donors (Lipinski definition) is 4. The minimum Gasteiger partial charge on any atom is -0.385 e. The van der Waals surface area contributed by atoms with Crippen LogP contribution in [0.15, 0.2) is 18.8 Å². The van der Waals surface area contributed by atoms with Crippen molar-refractivity contribution in [2.75, 3.05) is 38.7 Å². The van der Waals surface area contributed by atoms with Crippen LogP contribution in [0.2, 0.25) is 0 Å². The first-order valence-electron chi connectivity index (χ1n) is 10.1. The molecule has 3 rings (SSSR count). The molecule has 3 heterocycles. The number of methoxy groups -OCH3 is 1. The summed E-state index contributed by atoms with van der Waals surface area (Å²) in [5, 5.41) is 22.2. The van der Waals surface area contributed by atoms with Gasteiger partial charge in [0, 0.05) is 45.3 Å². The third kappa shape index (κ3) is 7.94. The van der Waals surface area contributed by atoms with E-state index >= 15 is 0 Å². The number of primary sulfonamides is 2. The molecule has 0 unspecified atom stereocenters. The summed E-state index contributed by atoms with van der Waals surface area (Å²) in [5.41, 5.74) is 0.476. The van der Waals surface area contributed by atoms with Crippen LogP contribution in [0.3, 0.4) is 0 Å². The van der Waals surface area contributed by atoms with E-state index in [1.807, 2.05) is 6.92 Å². The van der Waals surface area contributed by atoms with Crippen LogP contribution in [0.4, 0.5) is 5.13 Å². The summed E-state index contributed by atoms with van der Waals surface area (Å²) in [4.78, 5) is 10.5. The monoisotopic (exact) mass is 605 g/mol. The predicted octanol–water partition coefficient (Wildman–Crippen LogP) is -0.769. The highest BCUT2D eigenvalue weighted by atomic mass is 32.3. The molecule has 1 amide bonds. The van der Waals surface area contributed by atoms with Crippen molar-refractivity contribution in [1.82, 2.24) is 19.8 Å². The van der Waals surface area contributed by atoms with E-state index in [1.165, 1.54) is 17.3 Å². The number of rotatable bonds is 9. The molecule has 15 nitrogen and oxygen atoms in total. The number of carbonyl (C=O) groups is 1. The van der Waals surface area contributed by atoms with Crippen molar-refractivity contribution >= 4 is 63.8 Å². The molecule has 1 aliphatic heterocycles. The maximum atomic E-state index is 12.7. The molecule has 0 saturated heterocycles. The third-order valence-electron chi connectivity index (χ3n) is 4.46. The molecule has 0 spiro atoms. The topological polar surface area (TPSA) is 234 Å². The molecule has 2 aromatic rings. The Morgan fingerprint density at radius 2 is 1.89 bits per heavy atom. The van der Waals surface area contributed by atoms with Crippen LogP contribution in [-0.2, 0) is 39.6 Å². The van der Waals surface area contributed by atoms with E-state index in [4.69, 9.17) is 15.0 Å². The van der Waals surface area contributed by atoms with Gasteiger partial charge < -0.3 is 15.4 Å². The number of anilines is 1. The second-order valence-electron chi connectivity index (χ2n) is 7.27. The number of amides is 1. The summed E-state index contributed by atoms with van der Waals surface area (Å²) in [5.74, 6) is -0.350. The SMILES string of the molecule is CC(=O)Nc1nnc(S(N)(=O)=O)s1.CCN[C@H]1CN(CCCOC)S(=O)(=O)c2sc(S(N)(=O)=O)cc21. The van der Waals surface area contributed by atoms with E-state index in [1.54, 1.807) is 7.11 Å². The van der Waals surface area contributed by atoms with Crippen molar-refractivity contribution in [3.05, 3.63) is 11.6 Å². The number of nitrogens with zero attached hydrogens (tertiary/aromatic N) is 3. The molecule has 0 aliphatic carbocycles. The first-order valence-corrected chi connectivity index (χ1v) is 16.3. The van der Waals surface area contributed by atoms with Crippen molar-refractivity contribution in [2.45, 2.75) is 39.1 Å². The largest absolute Gasteiger partial charge is 0.385 e. The van der Waals surface area contributed by atoms with Crippen LogP contribution in [0.5, 0.6) is 0 Å². The molecule has 1 atom stereocenters. The lowest BCUT2D eigenvalue weighted by Gasteiger charge is -2.32. The quantitative estimate of drug-likeness (QED) is 0.205. The van der Waals surface area contributed by atoms with Crippen molar-refractivity contribution in [2.24, 2.45) is 10.3 Å². The van der Waals surface area contributed by atoms with Crippen molar-refractivity contribution in [3.63, 3.8) is 0 Å². The summed E-state index contributed by atoms with van der Waals surface area (Å²) < 4.78 is 75.9. The van der Waals surface area contributed by atoms with Gasteiger partial charge in [-0.15, -0.1) is 21.5 Å². The lowest BCUT2D eigenvalue weighted by molar-refractivity contribution is -0.114. The molecule has 2 aromatic heterocycles. The van der Waals surface area contributed by atoms with E-state index in [9.17, 15) is 30.0 Å². The molecule has 20 heteroatoms. The number of nitrogens with two attached hydrogens (primary N) is 2. The highest BCUT2D eigenvalue weighted by Gasteiger charge is 2.39. The second kappa shape index (κ2) is 12.3. The van der Waals surface area contributed by atoms with Gasteiger partial charge in [0.2, 0.25) is 25.4 Å². The van der Waals surface area contributed by atoms with E-state index in [-0.39, 0.29) is 36.4 Å².